The highest BCUT2D eigenvalue weighted by Gasteiger charge is 2.41. The molecule has 1 aliphatic carbocycles. The lowest BCUT2D eigenvalue weighted by Gasteiger charge is -2.35. The second-order valence-corrected chi connectivity index (χ2v) is 5.34. The zero-order chi connectivity index (χ0) is 14.6. The molecule has 0 saturated heterocycles. The minimum Gasteiger partial charge on any atom is -0.497 e. The van der Waals surface area contributed by atoms with Gasteiger partial charge in [0.25, 0.3) is 0 Å². The SMILES string of the molecule is COc1ccc(OC)c(C(O)C2(C#N)CCCCC2)c1. The summed E-state index contributed by atoms with van der Waals surface area (Å²) in [7, 11) is 3.15. The van der Waals surface area contributed by atoms with Crippen molar-refractivity contribution < 1.29 is 14.6 Å². The second-order valence-electron chi connectivity index (χ2n) is 5.34. The molecule has 1 aliphatic rings. The van der Waals surface area contributed by atoms with E-state index in [-0.39, 0.29) is 0 Å². The fraction of sp³-hybridized carbons (Fsp3) is 0.562. The molecule has 108 valence electrons. The van der Waals surface area contributed by atoms with Crippen molar-refractivity contribution in [3.8, 4) is 17.6 Å². The summed E-state index contributed by atoms with van der Waals surface area (Å²) < 4.78 is 10.5. The molecule has 1 fully saturated rings. The van der Waals surface area contributed by atoms with Gasteiger partial charge in [-0.15, -0.1) is 0 Å². The smallest absolute Gasteiger partial charge is 0.124 e. The van der Waals surface area contributed by atoms with Crippen LogP contribution in [0.25, 0.3) is 0 Å². The maximum absolute atomic E-state index is 10.8. The zero-order valence-corrected chi connectivity index (χ0v) is 12.1. The predicted molar refractivity (Wildman–Crippen MR) is 75.6 cm³/mol. The molecule has 20 heavy (non-hydrogen) atoms. The lowest BCUT2D eigenvalue weighted by molar-refractivity contribution is 0.0340. The average molecular weight is 275 g/mol. The number of nitriles is 1. The quantitative estimate of drug-likeness (QED) is 0.916. The molecule has 4 nitrogen and oxygen atoms in total. The fourth-order valence-corrected chi connectivity index (χ4v) is 2.98. The standard InChI is InChI=1S/C16H21NO3/c1-19-12-6-7-14(20-2)13(10-12)15(18)16(11-17)8-4-3-5-9-16/h6-7,10,15,18H,3-5,8-9H2,1-2H3. The highest BCUT2D eigenvalue weighted by Crippen LogP contribution is 2.48. The first-order valence-electron chi connectivity index (χ1n) is 6.98. The van der Waals surface area contributed by atoms with Crippen molar-refractivity contribution in [3.63, 3.8) is 0 Å². The van der Waals surface area contributed by atoms with Gasteiger partial charge in [-0.25, -0.2) is 0 Å². The third kappa shape index (κ3) is 2.59. The van der Waals surface area contributed by atoms with Crippen LogP contribution in [-0.2, 0) is 0 Å². The Bertz CT molecular complexity index is 501. The van der Waals surface area contributed by atoms with E-state index in [1.54, 1.807) is 32.4 Å². The van der Waals surface area contributed by atoms with Gasteiger partial charge in [-0.05, 0) is 31.0 Å². The van der Waals surface area contributed by atoms with Gasteiger partial charge in [0.2, 0.25) is 0 Å². The largest absolute Gasteiger partial charge is 0.497 e. The van der Waals surface area contributed by atoms with Crippen LogP contribution in [0.1, 0.15) is 43.8 Å². The van der Waals surface area contributed by atoms with Crippen LogP contribution in [-0.4, -0.2) is 19.3 Å². The van der Waals surface area contributed by atoms with Crippen LogP contribution < -0.4 is 9.47 Å². The van der Waals surface area contributed by atoms with Gasteiger partial charge in [0.15, 0.2) is 0 Å². The number of hydrogen-bond donors (Lipinski definition) is 1. The summed E-state index contributed by atoms with van der Waals surface area (Å²) in [5, 5.41) is 20.4. The number of nitrogens with zero attached hydrogens (tertiary/aromatic N) is 1. The first-order chi connectivity index (χ1) is 9.66. The molecule has 0 aromatic heterocycles. The minimum absolute atomic E-state index is 0.596. The molecular formula is C16H21NO3. The van der Waals surface area contributed by atoms with E-state index >= 15 is 0 Å². The molecule has 4 heteroatoms. The Morgan fingerprint density at radius 1 is 1.20 bits per heavy atom. The molecule has 1 saturated carbocycles. The lowest BCUT2D eigenvalue weighted by atomic mass is 9.69. The molecule has 1 atom stereocenters. The van der Waals surface area contributed by atoms with Gasteiger partial charge in [0.1, 0.15) is 17.6 Å². The molecule has 1 aromatic carbocycles. The number of ether oxygens (including phenoxy) is 2. The third-order valence-corrected chi connectivity index (χ3v) is 4.22. The monoisotopic (exact) mass is 275 g/mol. The molecule has 1 unspecified atom stereocenters. The van der Waals surface area contributed by atoms with Crippen molar-refractivity contribution >= 4 is 0 Å². The summed E-state index contributed by atoms with van der Waals surface area (Å²) in [5.41, 5.74) is -0.0759. The second kappa shape index (κ2) is 6.15. The zero-order valence-electron chi connectivity index (χ0n) is 12.1. The summed E-state index contributed by atoms with van der Waals surface area (Å²) in [6, 6.07) is 7.68. The van der Waals surface area contributed by atoms with E-state index in [1.165, 1.54) is 0 Å². The normalized spacial score (nSPS) is 18.9. The van der Waals surface area contributed by atoms with Crippen LogP contribution >= 0.6 is 0 Å². The molecular weight excluding hydrogens is 254 g/mol. The fourth-order valence-electron chi connectivity index (χ4n) is 2.98. The third-order valence-electron chi connectivity index (χ3n) is 4.22. The maximum atomic E-state index is 10.8. The molecule has 0 spiro atoms. The number of methoxy groups -OCH3 is 2. The summed E-state index contributed by atoms with van der Waals surface area (Å²) >= 11 is 0. The van der Waals surface area contributed by atoms with E-state index in [1.807, 2.05) is 0 Å². The van der Waals surface area contributed by atoms with E-state index in [9.17, 15) is 10.4 Å². The van der Waals surface area contributed by atoms with Crippen molar-refractivity contribution in [2.45, 2.75) is 38.2 Å². The molecule has 0 radical (unpaired) electrons. The van der Waals surface area contributed by atoms with Crippen molar-refractivity contribution in [2.24, 2.45) is 5.41 Å². The Morgan fingerprint density at radius 2 is 1.90 bits per heavy atom. The van der Waals surface area contributed by atoms with Crippen LogP contribution in [0.4, 0.5) is 0 Å². The number of hydrogen-bond acceptors (Lipinski definition) is 4. The van der Waals surface area contributed by atoms with Crippen LogP contribution in [0.15, 0.2) is 18.2 Å². The molecule has 0 amide bonds. The Kier molecular flexibility index (Phi) is 4.51. The topological polar surface area (TPSA) is 62.5 Å². The average Bonchev–Trinajstić information content (AvgIpc) is 2.54. The van der Waals surface area contributed by atoms with Crippen molar-refractivity contribution in [1.29, 1.82) is 5.26 Å². The number of aliphatic hydroxyl groups is 1. The van der Waals surface area contributed by atoms with Crippen LogP contribution in [0.3, 0.4) is 0 Å². The lowest BCUT2D eigenvalue weighted by Crippen LogP contribution is -2.30. The van der Waals surface area contributed by atoms with E-state index in [0.29, 0.717) is 17.1 Å². The van der Waals surface area contributed by atoms with Gasteiger partial charge in [-0.1, -0.05) is 19.3 Å². The van der Waals surface area contributed by atoms with E-state index in [0.717, 1.165) is 32.1 Å². The van der Waals surface area contributed by atoms with E-state index < -0.39 is 11.5 Å². The molecule has 0 bridgehead atoms. The number of aliphatic hydroxyl groups excluding tert-OH is 1. The summed E-state index contributed by atoms with van der Waals surface area (Å²) in [5.74, 6) is 1.25. The van der Waals surface area contributed by atoms with Crippen molar-refractivity contribution in [3.05, 3.63) is 23.8 Å². The maximum Gasteiger partial charge on any atom is 0.124 e. The molecule has 1 aromatic rings. The number of benzene rings is 1. The highest BCUT2D eigenvalue weighted by atomic mass is 16.5. The molecule has 1 N–H and O–H groups in total. The summed E-state index contributed by atoms with van der Waals surface area (Å²) in [6.45, 7) is 0. The van der Waals surface area contributed by atoms with Gasteiger partial charge < -0.3 is 14.6 Å². The van der Waals surface area contributed by atoms with Gasteiger partial charge >= 0.3 is 0 Å². The summed E-state index contributed by atoms with van der Waals surface area (Å²) in [6.07, 6.45) is 3.70. The molecule has 0 aliphatic heterocycles. The van der Waals surface area contributed by atoms with Crippen molar-refractivity contribution in [1.82, 2.24) is 0 Å². The van der Waals surface area contributed by atoms with Gasteiger partial charge in [-0.3, -0.25) is 0 Å². The first kappa shape index (κ1) is 14.7. The highest BCUT2D eigenvalue weighted by molar-refractivity contribution is 5.43. The Balaban J connectivity index is 2.40. The Morgan fingerprint density at radius 3 is 2.45 bits per heavy atom. The minimum atomic E-state index is -0.849. The molecule has 2 rings (SSSR count). The Labute approximate surface area is 119 Å². The van der Waals surface area contributed by atoms with Crippen molar-refractivity contribution in [2.75, 3.05) is 14.2 Å². The van der Waals surface area contributed by atoms with E-state index in [2.05, 4.69) is 6.07 Å². The van der Waals surface area contributed by atoms with Crippen LogP contribution in [0, 0.1) is 16.7 Å². The first-order valence-corrected chi connectivity index (χ1v) is 6.98. The summed E-state index contributed by atoms with van der Waals surface area (Å²) in [4.78, 5) is 0. The van der Waals surface area contributed by atoms with E-state index in [4.69, 9.17) is 9.47 Å². The van der Waals surface area contributed by atoms with Gasteiger partial charge in [-0.2, -0.15) is 5.26 Å². The predicted octanol–water partition coefficient (Wildman–Crippen LogP) is 3.21. The Hall–Kier alpha value is -1.73. The van der Waals surface area contributed by atoms with Crippen LogP contribution in [0.5, 0.6) is 11.5 Å². The molecule has 0 heterocycles. The van der Waals surface area contributed by atoms with Crippen LogP contribution in [0.2, 0.25) is 0 Å². The van der Waals surface area contributed by atoms with Gasteiger partial charge in [0, 0.05) is 5.56 Å². The van der Waals surface area contributed by atoms with Gasteiger partial charge in [0.05, 0.1) is 25.7 Å². The number of rotatable bonds is 4.